The van der Waals surface area contributed by atoms with Crippen molar-refractivity contribution in [2.75, 3.05) is 10.8 Å². The zero-order valence-corrected chi connectivity index (χ0v) is 25.4. The molecular weight excluding hydrogens is 569 g/mol. The Morgan fingerprint density at radius 3 is 2.17 bits per heavy atom. The summed E-state index contributed by atoms with van der Waals surface area (Å²) in [5, 5.41) is 3.85. The molecule has 0 heterocycles. The fourth-order valence-corrected chi connectivity index (χ4v) is 6.22. The molecule has 2 amide bonds. The van der Waals surface area contributed by atoms with Crippen LogP contribution in [0.4, 0.5) is 5.69 Å². The number of rotatable bonds is 12. The zero-order valence-electron chi connectivity index (χ0n) is 23.1. The maximum absolute atomic E-state index is 14.1. The van der Waals surface area contributed by atoms with E-state index in [0.717, 1.165) is 10.7 Å². The molecule has 7 nitrogen and oxygen atoms in total. The van der Waals surface area contributed by atoms with Crippen molar-refractivity contribution < 1.29 is 18.0 Å². The highest BCUT2D eigenvalue weighted by atomic mass is 35.5. The molecule has 0 bridgehead atoms. The smallest absolute Gasteiger partial charge is 0.264 e. The largest absolute Gasteiger partial charge is 0.352 e. The third-order valence-electron chi connectivity index (χ3n) is 6.72. The summed E-state index contributed by atoms with van der Waals surface area (Å²) in [5.74, 6) is -0.850. The van der Waals surface area contributed by atoms with Crippen LogP contribution in [0.25, 0.3) is 0 Å². The van der Waals surface area contributed by atoms with E-state index in [1.54, 1.807) is 67.6 Å². The van der Waals surface area contributed by atoms with Crippen molar-refractivity contribution >= 4 is 50.7 Å². The molecule has 10 heteroatoms. The Morgan fingerprint density at radius 1 is 0.925 bits per heavy atom. The maximum Gasteiger partial charge on any atom is 0.264 e. The predicted molar refractivity (Wildman–Crippen MR) is 161 cm³/mol. The summed E-state index contributed by atoms with van der Waals surface area (Å²) in [6.07, 6.45) is 1.05. The summed E-state index contributed by atoms with van der Waals surface area (Å²) >= 11 is 12.6. The van der Waals surface area contributed by atoms with E-state index in [1.807, 2.05) is 20.8 Å². The van der Waals surface area contributed by atoms with Crippen LogP contribution in [0, 0.1) is 6.92 Å². The fourth-order valence-electron chi connectivity index (χ4n) is 4.30. The van der Waals surface area contributed by atoms with Gasteiger partial charge in [0.25, 0.3) is 10.0 Å². The van der Waals surface area contributed by atoms with Crippen molar-refractivity contribution in [2.24, 2.45) is 0 Å². The molecule has 214 valence electrons. The van der Waals surface area contributed by atoms with E-state index in [0.29, 0.717) is 33.3 Å². The molecule has 0 aliphatic carbocycles. The number of hydrogen-bond donors (Lipinski definition) is 1. The van der Waals surface area contributed by atoms with E-state index in [9.17, 15) is 18.0 Å². The standard InChI is InChI=1S/C30H35Cl2N3O4S/c1-5-22(4)33-30(37)27(6-2)34(19-23-12-10-11-15-26(23)32)29(36)20-35(28-17-16-24(31)18-21(28)3)40(38,39)25-13-8-7-9-14-25/h7-18,22,27H,5-6,19-20H2,1-4H3,(H,33,37)/t22-,27-/m1/s1. The molecule has 3 aromatic carbocycles. The molecule has 0 spiro atoms. The number of amides is 2. The van der Waals surface area contributed by atoms with Gasteiger partial charge >= 0.3 is 0 Å². The average Bonchev–Trinajstić information content (AvgIpc) is 2.93. The lowest BCUT2D eigenvalue weighted by Crippen LogP contribution is -2.53. The van der Waals surface area contributed by atoms with Gasteiger partial charge in [0, 0.05) is 22.6 Å². The van der Waals surface area contributed by atoms with E-state index >= 15 is 0 Å². The SMILES string of the molecule is CC[C@@H](C)NC(=O)[C@@H](CC)N(Cc1ccccc1Cl)C(=O)CN(c1ccc(Cl)cc1C)S(=O)(=O)c1ccccc1. The van der Waals surface area contributed by atoms with Crippen molar-refractivity contribution in [1.29, 1.82) is 0 Å². The number of carbonyl (C=O) groups excluding carboxylic acids is 2. The quantitative estimate of drug-likeness (QED) is 0.266. The molecule has 2 atom stereocenters. The molecule has 0 fully saturated rings. The number of benzene rings is 3. The molecule has 40 heavy (non-hydrogen) atoms. The Morgan fingerprint density at radius 2 is 1.57 bits per heavy atom. The average molecular weight is 605 g/mol. The first-order chi connectivity index (χ1) is 19.0. The maximum atomic E-state index is 14.1. The van der Waals surface area contributed by atoms with Gasteiger partial charge in [-0.05, 0) is 74.2 Å². The van der Waals surface area contributed by atoms with Crippen LogP contribution in [0.1, 0.15) is 44.7 Å². The number of hydrogen-bond acceptors (Lipinski definition) is 4. The first-order valence-corrected chi connectivity index (χ1v) is 15.4. The number of carbonyl (C=O) groups is 2. The fraction of sp³-hybridized carbons (Fsp3) is 0.333. The van der Waals surface area contributed by atoms with Crippen molar-refractivity contribution in [1.82, 2.24) is 10.2 Å². The number of aryl methyl sites for hydroxylation is 1. The van der Waals surface area contributed by atoms with Crippen LogP contribution < -0.4 is 9.62 Å². The molecule has 0 aromatic heterocycles. The highest BCUT2D eigenvalue weighted by molar-refractivity contribution is 7.92. The Hall–Kier alpha value is -3.07. The third-order valence-corrected chi connectivity index (χ3v) is 9.10. The normalized spacial score (nSPS) is 12.8. The van der Waals surface area contributed by atoms with E-state index < -0.39 is 28.5 Å². The second kappa shape index (κ2) is 14.0. The van der Waals surface area contributed by atoms with Gasteiger partial charge in [-0.1, -0.05) is 73.4 Å². The molecule has 0 saturated carbocycles. The molecule has 3 rings (SSSR count). The van der Waals surface area contributed by atoms with Crippen LogP contribution in [-0.2, 0) is 26.2 Å². The van der Waals surface area contributed by atoms with Gasteiger partial charge < -0.3 is 10.2 Å². The highest BCUT2D eigenvalue weighted by Crippen LogP contribution is 2.30. The van der Waals surface area contributed by atoms with E-state index in [-0.39, 0.29) is 23.4 Å². The lowest BCUT2D eigenvalue weighted by atomic mass is 10.1. The molecule has 0 saturated heterocycles. The molecule has 0 unspecified atom stereocenters. The van der Waals surface area contributed by atoms with Crippen molar-refractivity contribution in [3.63, 3.8) is 0 Å². The van der Waals surface area contributed by atoms with Crippen molar-refractivity contribution in [3.05, 3.63) is 94.0 Å². The molecular formula is C30H35Cl2N3O4S. The minimum atomic E-state index is -4.16. The lowest BCUT2D eigenvalue weighted by Gasteiger charge is -2.34. The summed E-state index contributed by atoms with van der Waals surface area (Å²) in [6, 6.07) is 18.9. The number of anilines is 1. The summed E-state index contributed by atoms with van der Waals surface area (Å²) in [4.78, 5) is 28.9. The minimum absolute atomic E-state index is 0.0315. The predicted octanol–water partition coefficient (Wildman–Crippen LogP) is 6.22. The third kappa shape index (κ3) is 7.56. The summed E-state index contributed by atoms with van der Waals surface area (Å²) in [5.41, 5.74) is 1.54. The van der Waals surface area contributed by atoms with Gasteiger partial charge in [0.2, 0.25) is 11.8 Å². The van der Waals surface area contributed by atoms with Gasteiger partial charge in [-0.2, -0.15) is 0 Å². The van der Waals surface area contributed by atoms with Crippen LogP contribution in [0.5, 0.6) is 0 Å². The van der Waals surface area contributed by atoms with Gasteiger partial charge in [-0.15, -0.1) is 0 Å². The van der Waals surface area contributed by atoms with Gasteiger partial charge in [0.15, 0.2) is 0 Å². The summed E-state index contributed by atoms with van der Waals surface area (Å²) in [6.45, 7) is 6.90. The lowest BCUT2D eigenvalue weighted by molar-refractivity contribution is -0.140. The topological polar surface area (TPSA) is 86.8 Å². The van der Waals surface area contributed by atoms with Crippen LogP contribution >= 0.6 is 23.2 Å². The van der Waals surface area contributed by atoms with E-state index in [1.165, 1.54) is 17.0 Å². The number of halogens is 2. The molecule has 0 aliphatic rings. The summed E-state index contributed by atoms with van der Waals surface area (Å²) in [7, 11) is -4.16. The van der Waals surface area contributed by atoms with Crippen LogP contribution in [-0.4, -0.2) is 43.8 Å². The Balaban J connectivity index is 2.09. The van der Waals surface area contributed by atoms with Gasteiger partial charge in [-0.3, -0.25) is 13.9 Å². The molecule has 0 aliphatic heterocycles. The number of sulfonamides is 1. The van der Waals surface area contributed by atoms with Crippen LogP contribution in [0.15, 0.2) is 77.7 Å². The Labute approximate surface area is 247 Å². The molecule has 0 radical (unpaired) electrons. The van der Waals surface area contributed by atoms with Crippen molar-refractivity contribution in [2.45, 2.75) is 64.1 Å². The Bertz CT molecular complexity index is 1430. The van der Waals surface area contributed by atoms with Crippen LogP contribution in [0.3, 0.4) is 0 Å². The van der Waals surface area contributed by atoms with Gasteiger partial charge in [-0.25, -0.2) is 8.42 Å². The molecule has 3 aromatic rings. The monoisotopic (exact) mass is 603 g/mol. The second-order valence-corrected chi connectivity index (χ2v) is 12.3. The minimum Gasteiger partial charge on any atom is -0.352 e. The van der Waals surface area contributed by atoms with Crippen molar-refractivity contribution in [3.8, 4) is 0 Å². The van der Waals surface area contributed by atoms with E-state index in [4.69, 9.17) is 23.2 Å². The zero-order chi connectivity index (χ0) is 29.4. The Kier molecular flexibility index (Phi) is 11.0. The second-order valence-electron chi connectivity index (χ2n) is 9.61. The van der Waals surface area contributed by atoms with E-state index in [2.05, 4.69) is 5.32 Å². The first kappa shape index (κ1) is 31.5. The number of nitrogens with zero attached hydrogens (tertiary/aromatic N) is 2. The van der Waals surface area contributed by atoms with Gasteiger partial charge in [0.05, 0.1) is 10.6 Å². The summed E-state index contributed by atoms with van der Waals surface area (Å²) < 4.78 is 28.9. The highest BCUT2D eigenvalue weighted by Gasteiger charge is 2.34. The van der Waals surface area contributed by atoms with Gasteiger partial charge in [0.1, 0.15) is 12.6 Å². The number of nitrogens with one attached hydrogen (secondary N) is 1. The first-order valence-electron chi connectivity index (χ1n) is 13.2. The van der Waals surface area contributed by atoms with Crippen LogP contribution in [0.2, 0.25) is 10.0 Å². The molecule has 1 N–H and O–H groups in total.